The Morgan fingerprint density at radius 2 is 2.00 bits per heavy atom. The molecule has 4 rings (SSSR count). The molecule has 1 aliphatic rings. The molecule has 0 radical (unpaired) electrons. The highest BCUT2D eigenvalue weighted by Gasteiger charge is 2.32. The molecule has 0 unspecified atom stereocenters. The Kier molecular flexibility index (Phi) is 6.19. The van der Waals surface area contributed by atoms with Gasteiger partial charge in [0.25, 0.3) is 11.5 Å². The highest BCUT2D eigenvalue weighted by atomic mass is 32.2. The third-order valence-corrected chi connectivity index (χ3v) is 8.06. The monoisotopic (exact) mass is 462 g/mol. The van der Waals surface area contributed by atoms with Crippen LogP contribution in [0.25, 0.3) is 10.9 Å². The summed E-state index contributed by atoms with van der Waals surface area (Å²) in [5.41, 5.74) is 0.257. The summed E-state index contributed by atoms with van der Waals surface area (Å²) < 4.78 is 32.7. The first-order valence-corrected chi connectivity index (χ1v) is 12.2. The number of amides is 1. The van der Waals surface area contributed by atoms with Crippen LogP contribution in [0.3, 0.4) is 0 Å². The van der Waals surface area contributed by atoms with Crippen molar-refractivity contribution in [2.24, 2.45) is 0 Å². The molecule has 11 heteroatoms. The van der Waals surface area contributed by atoms with Crippen LogP contribution >= 0.6 is 11.3 Å². The molecule has 1 N–H and O–H groups in total. The predicted molar refractivity (Wildman–Crippen MR) is 117 cm³/mol. The van der Waals surface area contributed by atoms with E-state index >= 15 is 0 Å². The van der Waals surface area contributed by atoms with Crippen molar-refractivity contribution >= 4 is 38.2 Å². The van der Waals surface area contributed by atoms with Crippen molar-refractivity contribution in [3.05, 3.63) is 56.8 Å². The van der Waals surface area contributed by atoms with Crippen molar-refractivity contribution in [2.75, 3.05) is 32.8 Å². The minimum atomic E-state index is -3.80. The van der Waals surface area contributed by atoms with Gasteiger partial charge in [0.2, 0.25) is 10.0 Å². The number of carbonyl (C=O) groups is 1. The largest absolute Gasteiger partial charge is 0.379 e. The third-order valence-electron chi connectivity index (χ3n) is 5.08. The first-order valence-electron chi connectivity index (χ1n) is 9.84. The van der Waals surface area contributed by atoms with Gasteiger partial charge in [0.15, 0.2) is 0 Å². The zero-order chi connectivity index (χ0) is 22.0. The molecule has 1 amide bonds. The number of hydrogen-bond acceptors (Lipinski definition) is 7. The Labute approximate surface area is 183 Å². The van der Waals surface area contributed by atoms with E-state index in [2.05, 4.69) is 9.97 Å². The molecule has 2 aromatic heterocycles. The number of benzene rings is 1. The Bertz CT molecular complexity index is 1260. The zero-order valence-corrected chi connectivity index (χ0v) is 18.5. The average molecular weight is 463 g/mol. The van der Waals surface area contributed by atoms with Crippen LogP contribution in [0.4, 0.5) is 0 Å². The maximum Gasteiger partial charge on any atom is 0.265 e. The molecular weight excluding hydrogens is 440 g/mol. The number of carbonyl (C=O) groups excluding carboxylic acids is 1. The quantitative estimate of drug-likeness (QED) is 0.596. The summed E-state index contributed by atoms with van der Waals surface area (Å²) >= 11 is 1.09. The Hall–Kier alpha value is -2.60. The van der Waals surface area contributed by atoms with Crippen LogP contribution in [-0.4, -0.2) is 66.3 Å². The summed E-state index contributed by atoms with van der Waals surface area (Å²) in [5.74, 6) is -0.0758. The van der Waals surface area contributed by atoms with E-state index in [-0.39, 0.29) is 35.0 Å². The maximum atomic E-state index is 13.2. The number of thiophene rings is 1. The molecule has 0 saturated carbocycles. The molecule has 0 bridgehead atoms. The number of aromatic amines is 1. The lowest BCUT2D eigenvalue weighted by Crippen LogP contribution is -2.41. The van der Waals surface area contributed by atoms with Gasteiger partial charge >= 0.3 is 0 Å². The van der Waals surface area contributed by atoms with Gasteiger partial charge in [-0.15, -0.1) is 11.3 Å². The summed E-state index contributed by atoms with van der Waals surface area (Å²) in [6.45, 7) is 3.34. The molecule has 0 aliphatic carbocycles. The number of H-pyrrole nitrogens is 1. The van der Waals surface area contributed by atoms with Gasteiger partial charge in [-0.3, -0.25) is 9.59 Å². The highest BCUT2D eigenvalue weighted by Crippen LogP contribution is 2.27. The first-order chi connectivity index (χ1) is 14.9. The Morgan fingerprint density at radius 1 is 1.26 bits per heavy atom. The van der Waals surface area contributed by atoms with Crippen LogP contribution in [0, 0.1) is 0 Å². The van der Waals surface area contributed by atoms with E-state index < -0.39 is 15.9 Å². The molecular formula is C20H22N4O5S2. The molecule has 0 atom stereocenters. The number of hydrogen-bond donors (Lipinski definition) is 1. The number of nitrogens with zero attached hydrogens (tertiary/aromatic N) is 3. The fourth-order valence-corrected chi connectivity index (χ4v) is 6.21. The molecule has 1 saturated heterocycles. The lowest BCUT2D eigenvalue weighted by atomic mass is 10.2. The van der Waals surface area contributed by atoms with Crippen LogP contribution in [0.5, 0.6) is 0 Å². The van der Waals surface area contributed by atoms with Gasteiger partial charge in [-0.05, 0) is 30.5 Å². The number of para-hydroxylation sites is 1. The summed E-state index contributed by atoms with van der Waals surface area (Å²) in [4.78, 5) is 34.4. The van der Waals surface area contributed by atoms with Crippen molar-refractivity contribution < 1.29 is 17.9 Å². The standard InChI is InChI=1S/C20H22N4O5S2/c1-2-23(13-17-21-15-6-4-3-5-14(15)19(25)22-17)20(26)18-16(7-12-30-18)31(27,28)24-8-10-29-11-9-24/h3-7,12H,2,8-11,13H2,1H3,(H,21,22,25). The highest BCUT2D eigenvalue weighted by molar-refractivity contribution is 7.89. The summed E-state index contributed by atoms with van der Waals surface area (Å²) in [7, 11) is -3.80. The normalized spacial score (nSPS) is 15.3. The second-order valence-corrected chi connectivity index (χ2v) is 9.80. The zero-order valence-electron chi connectivity index (χ0n) is 16.9. The van der Waals surface area contributed by atoms with Crippen molar-refractivity contribution in [3.63, 3.8) is 0 Å². The Balaban J connectivity index is 1.62. The first kappa shape index (κ1) is 21.6. The van der Waals surface area contributed by atoms with Crippen LogP contribution in [0.2, 0.25) is 0 Å². The van der Waals surface area contributed by atoms with Crippen molar-refractivity contribution in [2.45, 2.75) is 18.4 Å². The minimum Gasteiger partial charge on any atom is -0.379 e. The average Bonchev–Trinajstić information content (AvgIpc) is 3.28. The van der Waals surface area contributed by atoms with E-state index in [0.29, 0.717) is 36.5 Å². The van der Waals surface area contributed by atoms with Gasteiger partial charge < -0.3 is 14.6 Å². The minimum absolute atomic E-state index is 0.00261. The predicted octanol–water partition coefficient (Wildman–Crippen LogP) is 1.67. The molecule has 164 valence electrons. The van der Waals surface area contributed by atoms with Crippen LogP contribution in [-0.2, 0) is 21.3 Å². The van der Waals surface area contributed by atoms with Crippen molar-refractivity contribution in [1.29, 1.82) is 0 Å². The number of morpholine rings is 1. The van der Waals surface area contributed by atoms with Crippen LogP contribution in [0.1, 0.15) is 22.4 Å². The molecule has 31 heavy (non-hydrogen) atoms. The van der Waals surface area contributed by atoms with E-state index in [4.69, 9.17) is 4.74 Å². The number of ether oxygens (including phenoxy) is 1. The molecule has 3 aromatic rings. The Morgan fingerprint density at radius 3 is 2.74 bits per heavy atom. The van der Waals surface area contributed by atoms with Gasteiger partial charge in [0, 0.05) is 19.6 Å². The number of rotatable bonds is 6. The second kappa shape index (κ2) is 8.87. The molecule has 3 heterocycles. The number of fused-ring (bicyclic) bond motifs is 1. The number of sulfonamides is 1. The SMILES string of the molecule is CCN(Cc1nc2ccccc2c(=O)[nH]1)C(=O)c1sccc1S(=O)(=O)N1CCOCC1. The van der Waals surface area contributed by atoms with Gasteiger partial charge in [0.05, 0.1) is 30.7 Å². The van der Waals surface area contributed by atoms with Gasteiger partial charge in [-0.1, -0.05) is 12.1 Å². The smallest absolute Gasteiger partial charge is 0.265 e. The summed E-state index contributed by atoms with van der Waals surface area (Å²) in [6, 6.07) is 8.43. The second-order valence-electron chi connectivity index (χ2n) is 6.98. The fourth-order valence-electron chi connectivity index (χ4n) is 3.44. The fraction of sp³-hybridized carbons (Fsp3) is 0.350. The lowest BCUT2D eigenvalue weighted by Gasteiger charge is -2.26. The molecule has 1 fully saturated rings. The molecule has 1 aromatic carbocycles. The lowest BCUT2D eigenvalue weighted by molar-refractivity contribution is 0.0725. The van der Waals surface area contributed by atoms with Gasteiger partial charge in [-0.2, -0.15) is 4.31 Å². The van der Waals surface area contributed by atoms with E-state index in [1.807, 2.05) is 0 Å². The van der Waals surface area contributed by atoms with Crippen molar-refractivity contribution in [1.82, 2.24) is 19.2 Å². The molecule has 1 aliphatic heterocycles. The summed E-state index contributed by atoms with van der Waals surface area (Å²) in [6.07, 6.45) is 0. The van der Waals surface area contributed by atoms with E-state index in [1.165, 1.54) is 15.3 Å². The number of nitrogens with one attached hydrogen (secondary N) is 1. The van der Waals surface area contributed by atoms with Gasteiger partial charge in [-0.25, -0.2) is 13.4 Å². The molecule has 9 nitrogen and oxygen atoms in total. The topological polar surface area (TPSA) is 113 Å². The summed E-state index contributed by atoms with van der Waals surface area (Å²) in [5, 5.41) is 2.07. The number of aromatic nitrogens is 2. The van der Waals surface area contributed by atoms with Gasteiger partial charge in [0.1, 0.15) is 15.6 Å². The third kappa shape index (κ3) is 4.26. The van der Waals surface area contributed by atoms with E-state index in [9.17, 15) is 18.0 Å². The van der Waals surface area contributed by atoms with E-state index in [1.54, 1.807) is 36.6 Å². The molecule has 0 spiro atoms. The van der Waals surface area contributed by atoms with Crippen molar-refractivity contribution in [3.8, 4) is 0 Å². The van der Waals surface area contributed by atoms with Crippen LogP contribution in [0.15, 0.2) is 45.4 Å². The van der Waals surface area contributed by atoms with E-state index in [0.717, 1.165) is 11.3 Å². The van der Waals surface area contributed by atoms with Crippen LogP contribution < -0.4 is 5.56 Å². The maximum absolute atomic E-state index is 13.2.